The molecule has 1 aromatic heterocycles. The summed E-state index contributed by atoms with van der Waals surface area (Å²) >= 11 is 1.68. The van der Waals surface area contributed by atoms with E-state index in [0.717, 1.165) is 46.8 Å². The number of hydrogen-bond acceptors (Lipinski definition) is 3. The van der Waals surface area contributed by atoms with Crippen LogP contribution in [0.15, 0.2) is 72.8 Å². The van der Waals surface area contributed by atoms with Gasteiger partial charge in [-0.25, -0.2) is 4.39 Å². The van der Waals surface area contributed by atoms with E-state index < -0.39 is 0 Å². The summed E-state index contributed by atoms with van der Waals surface area (Å²) in [6, 6.07) is 21.3. The maximum atomic E-state index is 13.5. The second-order valence-corrected chi connectivity index (χ2v) is 8.63. The van der Waals surface area contributed by atoms with Crippen molar-refractivity contribution in [2.75, 3.05) is 13.1 Å². The van der Waals surface area contributed by atoms with Gasteiger partial charge in [0.2, 0.25) is 0 Å². The molecule has 1 aliphatic rings. The van der Waals surface area contributed by atoms with E-state index in [0.29, 0.717) is 0 Å². The smallest absolute Gasteiger partial charge is 0.153 e. The Morgan fingerprint density at radius 2 is 1.70 bits per heavy atom. The topological polar surface area (TPSA) is 21.3 Å². The van der Waals surface area contributed by atoms with Crippen molar-refractivity contribution in [1.29, 1.82) is 0 Å². The lowest BCUT2D eigenvalue weighted by atomic mass is 10.0. The Balaban J connectivity index is 1.53. The van der Waals surface area contributed by atoms with E-state index in [-0.39, 0.29) is 5.82 Å². The number of hydrogen-bond donors (Lipinski definition) is 1. The third kappa shape index (κ3) is 3.76. The van der Waals surface area contributed by atoms with Crippen molar-refractivity contribution in [3.63, 3.8) is 0 Å². The molecule has 0 saturated heterocycles. The average Bonchev–Trinajstić information content (AvgIpc) is 3.12. The van der Waals surface area contributed by atoms with Gasteiger partial charge in [0, 0.05) is 16.6 Å². The molecule has 0 unspecified atom stereocenters. The van der Waals surface area contributed by atoms with E-state index in [2.05, 4.69) is 48.6 Å². The molecule has 30 heavy (non-hydrogen) atoms. The minimum atomic E-state index is -0.235. The molecule has 0 spiro atoms. The molecule has 1 N–H and O–H groups in total. The highest BCUT2D eigenvalue weighted by atomic mass is 32.1. The minimum Gasteiger partial charge on any atom is -0.455 e. The number of fused-ring (bicyclic) bond motifs is 1. The van der Waals surface area contributed by atoms with E-state index in [1.54, 1.807) is 11.3 Å². The summed E-state index contributed by atoms with van der Waals surface area (Å²) in [5, 5.41) is 4.43. The number of ether oxygens (including phenoxy) is 1. The van der Waals surface area contributed by atoms with Crippen molar-refractivity contribution < 1.29 is 9.13 Å². The van der Waals surface area contributed by atoms with Crippen molar-refractivity contribution in [3.8, 4) is 21.9 Å². The maximum Gasteiger partial charge on any atom is 0.153 e. The molecule has 1 aliphatic heterocycles. The number of aryl methyl sites for hydroxylation is 1. The molecule has 0 aliphatic carbocycles. The molecule has 4 aromatic rings. The fraction of sp³-hybridized carbons (Fsp3) is 0.154. The van der Waals surface area contributed by atoms with Crippen LogP contribution in [0.5, 0.6) is 11.5 Å². The van der Waals surface area contributed by atoms with Crippen LogP contribution in [0.25, 0.3) is 26.1 Å². The Labute approximate surface area is 179 Å². The first kappa shape index (κ1) is 19.0. The van der Waals surface area contributed by atoms with Crippen LogP contribution in [0.2, 0.25) is 0 Å². The second-order valence-electron chi connectivity index (χ2n) is 7.58. The Hall–Kier alpha value is -2.95. The number of rotatable bonds is 4. The zero-order valence-electron chi connectivity index (χ0n) is 16.7. The number of thiophene rings is 1. The normalized spacial score (nSPS) is 14.0. The molecule has 4 heteroatoms. The van der Waals surface area contributed by atoms with Crippen LogP contribution in [0.4, 0.5) is 4.39 Å². The summed E-state index contributed by atoms with van der Waals surface area (Å²) in [6.07, 6.45) is 3.30. The standard InChI is InChI=1S/C26H22FNOS/c1-17-2-11-23-24(16-17)30-26(20-3-7-21(27)8-4-20)25(23)29-22-9-5-18(6-10-22)19-12-14-28-15-13-19/h2-12,16,28H,13-15H2,1H3. The summed E-state index contributed by atoms with van der Waals surface area (Å²) in [4.78, 5) is 1.01. The van der Waals surface area contributed by atoms with E-state index in [4.69, 9.17) is 4.74 Å². The molecular formula is C26H22FNOS. The average molecular weight is 416 g/mol. The van der Waals surface area contributed by atoms with E-state index in [1.165, 1.54) is 33.5 Å². The molecule has 0 bridgehead atoms. The van der Waals surface area contributed by atoms with Crippen molar-refractivity contribution in [2.24, 2.45) is 0 Å². The predicted octanol–water partition coefficient (Wildman–Crippen LogP) is 7.18. The van der Waals surface area contributed by atoms with Gasteiger partial charge in [-0.3, -0.25) is 0 Å². The largest absolute Gasteiger partial charge is 0.455 e. The molecule has 0 saturated carbocycles. The highest BCUT2D eigenvalue weighted by Gasteiger charge is 2.17. The number of halogens is 1. The Morgan fingerprint density at radius 1 is 0.933 bits per heavy atom. The zero-order valence-corrected chi connectivity index (χ0v) is 17.6. The van der Waals surface area contributed by atoms with Gasteiger partial charge in [0.1, 0.15) is 11.6 Å². The first-order valence-corrected chi connectivity index (χ1v) is 11.0. The van der Waals surface area contributed by atoms with E-state index in [9.17, 15) is 4.39 Å². The second kappa shape index (κ2) is 8.05. The monoisotopic (exact) mass is 415 g/mol. The summed E-state index contributed by atoms with van der Waals surface area (Å²) < 4.78 is 21.0. The van der Waals surface area contributed by atoms with Crippen LogP contribution in [0.3, 0.4) is 0 Å². The van der Waals surface area contributed by atoms with Gasteiger partial charge < -0.3 is 10.1 Å². The highest BCUT2D eigenvalue weighted by molar-refractivity contribution is 7.22. The summed E-state index contributed by atoms with van der Waals surface area (Å²) in [7, 11) is 0. The first-order valence-electron chi connectivity index (χ1n) is 10.1. The maximum absolute atomic E-state index is 13.5. The van der Waals surface area contributed by atoms with Crippen molar-refractivity contribution in [1.82, 2.24) is 5.32 Å². The number of benzene rings is 3. The predicted molar refractivity (Wildman–Crippen MR) is 124 cm³/mol. The van der Waals surface area contributed by atoms with Gasteiger partial charge in [0.15, 0.2) is 5.75 Å². The van der Waals surface area contributed by atoms with Crippen LogP contribution < -0.4 is 10.1 Å². The molecule has 150 valence electrons. The SMILES string of the molecule is Cc1ccc2c(Oc3ccc(C4=CCNCC4)cc3)c(-c3ccc(F)cc3)sc2c1. The highest BCUT2D eigenvalue weighted by Crippen LogP contribution is 2.46. The summed E-state index contributed by atoms with van der Waals surface area (Å²) in [6.45, 7) is 4.03. The molecule has 0 radical (unpaired) electrons. The van der Waals surface area contributed by atoms with Crippen LogP contribution in [-0.2, 0) is 0 Å². The molecule has 3 aromatic carbocycles. The van der Waals surface area contributed by atoms with Gasteiger partial charge in [-0.05, 0) is 78.6 Å². The van der Waals surface area contributed by atoms with Crippen LogP contribution in [-0.4, -0.2) is 13.1 Å². The lowest BCUT2D eigenvalue weighted by Crippen LogP contribution is -2.19. The third-order valence-electron chi connectivity index (χ3n) is 5.42. The van der Waals surface area contributed by atoms with Gasteiger partial charge in [-0.1, -0.05) is 36.4 Å². The van der Waals surface area contributed by atoms with Gasteiger partial charge >= 0.3 is 0 Å². The van der Waals surface area contributed by atoms with E-state index >= 15 is 0 Å². The van der Waals surface area contributed by atoms with Crippen LogP contribution >= 0.6 is 11.3 Å². The van der Waals surface area contributed by atoms with Crippen LogP contribution in [0.1, 0.15) is 17.5 Å². The fourth-order valence-corrected chi connectivity index (χ4v) is 5.05. The van der Waals surface area contributed by atoms with Crippen molar-refractivity contribution in [3.05, 3.63) is 89.8 Å². The summed E-state index contributed by atoms with van der Waals surface area (Å²) in [5.74, 6) is 1.40. The summed E-state index contributed by atoms with van der Waals surface area (Å²) in [5.41, 5.74) is 4.79. The molecule has 0 atom stereocenters. The Morgan fingerprint density at radius 3 is 2.43 bits per heavy atom. The molecule has 0 fully saturated rings. The quantitative estimate of drug-likeness (QED) is 0.381. The van der Waals surface area contributed by atoms with E-state index in [1.807, 2.05) is 24.3 Å². The van der Waals surface area contributed by atoms with Crippen molar-refractivity contribution in [2.45, 2.75) is 13.3 Å². The molecule has 2 heterocycles. The van der Waals surface area contributed by atoms with Gasteiger partial charge in [-0.2, -0.15) is 0 Å². The minimum absolute atomic E-state index is 0.235. The van der Waals surface area contributed by atoms with Crippen molar-refractivity contribution >= 4 is 27.0 Å². The van der Waals surface area contributed by atoms with Gasteiger partial charge in [-0.15, -0.1) is 11.3 Å². The van der Waals surface area contributed by atoms with Crippen LogP contribution in [0, 0.1) is 12.7 Å². The third-order valence-corrected chi connectivity index (χ3v) is 6.60. The fourth-order valence-electron chi connectivity index (χ4n) is 3.81. The van der Waals surface area contributed by atoms with Gasteiger partial charge in [0.25, 0.3) is 0 Å². The first-order chi connectivity index (χ1) is 14.7. The Kier molecular flexibility index (Phi) is 5.11. The Bertz CT molecular complexity index is 1220. The molecular weight excluding hydrogens is 393 g/mol. The molecule has 2 nitrogen and oxygen atoms in total. The number of nitrogens with one attached hydrogen (secondary N) is 1. The lowest BCUT2D eigenvalue weighted by Gasteiger charge is -2.15. The lowest BCUT2D eigenvalue weighted by molar-refractivity contribution is 0.491. The molecule has 0 amide bonds. The zero-order chi connectivity index (χ0) is 20.5. The van der Waals surface area contributed by atoms with Gasteiger partial charge in [0.05, 0.1) is 4.88 Å². The molecule has 5 rings (SSSR count).